The monoisotopic (exact) mass is 318 g/mol. The van der Waals surface area contributed by atoms with Crippen LogP contribution in [0.15, 0.2) is 17.0 Å². The van der Waals surface area contributed by atoms with E-state index < -0.39 is 37.7 Å². The van der Waals surface area contributed by atoms with E-state index in [2.05, 4.69) is 6.07 Å². The number of halogens is 2. The molecule has 1 aromatic carbocycles. The van der Waals surface area contributed by atoms with Crippen LogP contribution in [0.2, 0.25) is 0 Å². The molecule has 0 spiro atoms. The van der Waals surface area contributed by atoms with Crippen LogP contribution in [-0.4, -0.2) is 15.0 Å². The third kappa shape index (κ3) is 4.65. The summed E-state index contributed by atoms with van der Waals surface area (Å²) in [5, 5.41) is 13.6. The van der Waals surface area contributed by atoms with Crippen molar-refractivity contribution in [1.82, 2.24) is 0 Å². The van der Waals surface area contributed by atoms with Crippen molar-refractivity contribution in [3.63, 3.8) is 0 Å². The average molecular weight is 318 g/mol. The van der Waals surface area contributed by atoms with Crippen molar-refractivity contribution in [2.45, 2.75) is 31.6 Å². The molecule has 2 N–H and O–H groups in total. The molecule has 5 nitrogen and oxygen atoms in total. The molecule has 0 heterocycles. The van der Waals surface area contributed by atoms with E-state index in [0.29, 0.717) is 12.8 Å². The quantitative estimate of drug-likeness (QED) is 0.815. The van der Waals surface area contributed by atoms with Crippen LogP contribution in [0.4, 0.5) is 8.78 Å². The first kappa shape index (κ1) is 17.3. The van der Waals surface area contributed by atoms with Crippen molar-refractivity contribution in [1.29, 1.82) is 5.26 Å². The topological polar surface area (TPSA) is 93.2 Å². The molecule has 0 fully saturated rings. The lowest BCUT2D eigenvalue weighted by Crippen LogP contribution is -2.15. The molecule has 0 aromatic heterocycles. The van der Waals surface area contributed by atoms with E-state index >= 15 is 0 Å². The third-order valence-electron chi connectivity index (χ3n) is 2.82. The summed E-state index contributed by atoms with van der Waals surface area (Å²) in [5.41, 5.74) is -0.523. The number of nitrogens with two attached hydrogens (primary N) is 1. The van der Waals surface area contributed by atoms with Crippen LogP contribution in [-0.2, 0) is 10.0 Å². The van der Waals surface area contributed by atoms with Crippen LogP contribution in [0, 0.1) is 28.4 Å². The molecule has 0 aliphatic carbocycles. The minimum absolute atomic E-state index is 0.0796. The fourth-order valence-corrected chi connectivity index (χ4v) is 2.19. The molecule has 21 heavy (non-hydrogen) atoms. The zero-order valence-electron chi connectivity index (χ0n) is 11.7. The van der Waals surface area contributed by atoms with Gasteiger partial charge in [0.05, 0.1) is 18.1 Å². The Kier molecular flexibility index (Phi) is 5.25. The number of nitriles is 1. The smallest absolute Gasteiger partial charge is 0.241 e. The van der Waals surface area contributed by atoms with Gasteiger partial charge in [-0.25, -0.2) is 17.9 Å². The standard InChI is InChI=1S/C13H16F2N2O3S/c1-13(2,8-16)6-3-7-20-9-4-5-10(21(17,18)19)12(15)11(9)14/h4-5H,3,6-7H2,1-2H3,(H2,17,18,19). The first-order chi connectivity index (χ1) is 9.58. The van der Waals surface area contributed by atoms with E-state index in [1.165, 1.54) is 0 Å². The van der Waals surface area contributed by atoms with E-state index in [1.807, 2.05) is 0 Å². The van der Waals surface area contributed by atoms with Gasteiger partial charge < -0.3 is 4.74 Å². The van der Waals surface area contributed by atoms with Crippen LogP contribution in [0.3, 0.4) is 0 Å². The summed E-state index contributed by atoms with van der Waals surface area (Å²) in [6, 6.07) is 3.97. The molecule has 8 heteroatoms. The first-order valence-electron chi connectivity index (χ1n) is 6.13. The Hall–Kier alpha value is -1.72. The van der Waals surface area contributed by atoms with Gasteiger partial charge in [-0.05, 0) is 38.8 Å². The third-order valence-corrected chi connectivity index (χ3v) is 3.75. The Morgan fingerprint density at radius 1 is 1.33 bits per heavy atom. The molecule has 0 aliphatic rings. The fraction of sp³-hybridized carbons (Fsp3) is 0.462. The van der Waals surface area contributed by atoms with E-state index in [4.69, 9.17) is 15.1 Å². The molecule has 0 radical (unpaired) electrons. The van der Waals surface area contributed by atoms with Crippen LogP contribution in [0.1, 0.15) is 26.7 Å². The lowest BCUT2D eigenvalue weighted by molar-refractivity contribution is 0.268. The maximum atomic E-state index is 13.6. The van der Waals surface area contributed by atoms with Gasteiger partial charge in [0.2, 0.25) is 15.8 Å². The fourth-order valence-electron chi connectivity index (χ4n) is 1.60. The molecule has 0 saturated carbocycles. The Morgan fingerprint density at radius 3 is 2.48 bits per heavy atom. The minimum Gasteiger partial charge on any atom is -0.490 e. The number of hydrogen-bond acceptors (Lipinski definition) is 4. The number of primary sulfonamides is 1. The van der Waals surface area contributed by atoms with Gasteiger partial charge in [0.1, 0.15) is 4.90 Å². The van der Waals surface area contributed by atoms with Gasteiger partial charge in [-0.15, -0.1) is 0 Å². The highest BCUT2D eigenvalue weighted by Crippen LogP contribution is 2.26. The number of nitrogens with zero attached hydrogens (tertiary/aromatic N) is 1. The molecule has 0 bridgehead atoms. The van der Waals surface area contributed by atoms with E-state index in [1.54, 1.807) is 13.8 Å². The van der Waals surface area contributed by atoms with Crippen molar-refractivity contribution in [2.75, 3.05) is 6.61 Å². The van der Waals surface area contributed by atoms with Crippen LogP contribution < -0.4 is 9.88 Å². The summed E-state index contributed by atoms with van der Waals surface area (Å²) >= 11 is 0. The number of sulfonamides is 1. The summed E-state index contributed by atoms with van der Waals surface area (Å²) in [5.74, 6) is -3.36. The highest BCUT2D eigenvalue weighted by molar-refractivity contribution is 7.89. The normalized spacial score (nSPS) is 12.0. The molecular weight excluding hydrogens is 302 g/mol. The van der Waals surface area contributed by atoms with Gasteiger partial charge in [-0.3, -0.25) is 0 Å². The highest BCUT2D eigenvalue weighted by Gasteiger charge is 2.21. The summed E-state index contributed by atoms with van der Waals surface area (Å²) < 4.78 is 54.3. The van der Waals surface area contributed by atoms with E-state index in [9.17, 15) is 17.2 Å². The van der Waals surface area contributed by atoms with Crippen LogP contribution >= 0.6 is 0 Å². The van der Waals surface area contributed by atoms with Gasteiger partial charge in [0.15, 0.2) is 11.6 Å². The average Bonchev–Trinajstić information content (AvgIpc) is 2.38. The number of hydrogen-bond donors (Lipinski definition) is 1. The van der Waals surface area contributed by atoms with Crippen LogP contribution in [0.25, 0.3) is 0 Å². The summed E-state index contributed by atoms with van der Waals surface area (Å²) in [4.78, 5) is -0.919. The maximum absolute atomic E-state index is 13.6. The Bertz CT molecular complexity index is 667. The van der Waals surface area contributed by atoms with Gasteiger partial charge in [0.25, 0.3) is 0 Å². The molecule has 1 aromatic rings. The molecule has 0 atom stereocenters. The number of rotatable bonds is 6. The lowest BCUT2D eigenvalue weighted by atomic mass is 9.90. The predicted octanol–water partition coefficient (Wildman–Crippen LogP) is 2.32. The molecule has 116 valence electrons. The Balaban J connectivity index is 2.75. The Morgan fingerprint density at radius 2 is 1.95 bits per heavy atom. The van der Waals surface area contributed by atoms with E-state index in [-0.39, 0.29) is 6.61 Å². The van der Waals surface area contributed by atoms with Crippen molar-refractivity contribution >= 4 is 10.0 Å². The summed E-state index contributed by atoms with van der Waals surface area (Å²) in [6.07, 6.45) is 1.00. The molecule has 0 amide bonds. The summed E-state index contributed by atoms with van der Waals surface area (Å²) in [7, 11) is -4.33. The van der Waals surface area contributed by atoms with E-state index in [0.717, 1.165) is 12.1 Å². The van der Waals surface area contributed by atoms with Gasteiger partial charge in [-0.2, -0.15) is 9.65 Å². The zero-order valence-corrected chi connectivity index (χ0v) is 12.5. The predicted molar refractivity (Wildman–Crippen MR) is 71.9 cm³/mol. The number of ether oxygens (including phenoxy) is 1. The SMILES string of the molecule is CC(C)(C#N)CCCOc1ccc(S(N)(=O)=O)c(F)c1F. The van der Waals surface area contributed by atoms with Crippen LogP contribution in [0.5, 0.6) is 5.75 Å². The van der Waals surface area contributed by atoms with Gasteiger partial charge >= 0.3 is 0 Å². The first-order valence-corrected chi connectivity index (χ1v) is 7.68. The molecule has 0 unspecified atom stereocenters. The molecule has 0 aliphatic heterocycles. The second-order valence-electron chi connectivity index (χ2n) is 5.18. The second kappa shape index (κ2) is 6.37. The molecule has 0 saturated heterocycles. The largest absolute Gasteiger partial charge is 0.490 e. The minimum atomic E-state index is -4.33. The van der Waals surface area contributed by atoms with Gasteiger partial charge in [0, 0.05) is 0 Å². The lowest BCUT2D eigenvalue weighted by Gasteiger charge is -2.15. The van der Waals surface area contributed by atoms with Gasteiger partial charge in [-0.1, -0.05) is 0 Å². The van der Waals surface area contributed by atoms with Crippen molar-refractivity contribution in [2.24, 2.45) is 10.6 Å². The second-order valence-corrected chi connectivity index (χ2v) is 6.71. The number of benzene rings is 1. The zero-order chi connectivity index (χ0) is 16.3. The maximum Gasteiger partial charge on any atom is 0.241 e. The van der Waals surface area contributed by atoms with Crippen molar-refractivity contribution in [3.8, 4) is 11.8 Å². The van der Waals surface area contributed by atoms with Crippen molar-refractivity contribution < 1.29 is 21.9 Å². The Labute approximate surface area is 122 Å². The summed E-state index contributed by atoms with van der Waals surface area (Å²) in [6.45, 7) is 3.60. The molecule has 1 rings (SSSR count). The molecular formula is C13H16F2N2O3S. The van der Waals surface area contributed by atoms with Crippen molar-refractivity contribution in [3.05, 3.63) is 23.8 Å². The highest BCUT2D eigenvalue weighted by atomic mass is 32.2.